The van der Waals surface area contributed by atoms with Crippen molar-refractivity contribution in [3.63, 3.8) is 0 Å². The van der Waals surface area contributed by atoms with Crippen LogP contribution in [-0.4, -0.2) is 0 Å². The Bertz CT molecular complexity index is 3050. The summed E-state index contributed by atoms with van der Waals surface area (Å²) in [5.74, 6) is 0.633. The normalized spacial score (nSPS) is 14.4. The Morgan fingerprint density at radius 3 is 1.71 bits per heavy atom. The Hall–Kier alpha value is -6.96. The van der Waals surface area contributed by atoms with Gasteiger partial charge in [0.25, 0.3) is 0 Å². The van der Waals surface area contributed by atoms with Gasteiger partial charge in [-0.25, -0.2) is 0 Å². The number of benzene rings is 9. The van der Waals surface area contributed by atoms with Crippen LogP contribution in [0.5, 0.6) is 0 Å². The van der Waals surface area contributed by atoms with E-state index in [-0.39, 0.29) is 5.41 Å². The summed E-state index contributed by atoms with van der Waals surface area (Å²) in [6, 6.07) is 76.9. The minimum absolute atomic E-state index is 0.161. The first-order chi connectivity index (χ1) is 30.5. The number of nitrogens with zero attached hydrogens (tertiary/aromatic N) is 1. The van der Waals surface area contributed by atoms with E-state index >= 15 is 0 Å². The van der Waals surface area contributed by atoms with E-state index in [2.05, 4.69) is 225 Å². The molecule has 0 radical (unpaired) electrons. The van der Waals surface area contributed by atoms with Crippen molar-refractivity contribution in [2.75, 3.05) is 4.90 Å². The van der Waals surface area contributed by atoms with E-state index in [0.717, 1.165) is 17.1 Å². The number of hydrogen-bond donors (Lipinski definition) is 0. The van der Waals surface area contributed by atoms with E-state index in [9.17, 15) is 0 Å². The van der Waals surface area contributed by atoms with Crippen LogP contribution in [-0.2, 0) is 5.41 Å². The Kier molecular flexibility index (Phi) is 9.69. The fraction of sp³-hybridized carbons (Fsp3) is 0.148. The average molecular weight is 798 g/mol. The molecular formula is C61H51N. The highest BCUT2D eigenvalue weighted by molar-refractivity contribution is 6.07. The molecule has 0 amide bonds. The van der Waals surface area contributed by atoms with Crippen LogP contribution in [0.3, 0.4) is 0 Å². The first-order valence-corrected chi connectivity index (χ1v) is 22.5. The van der Waals surface area contributed by atoms with Gasteiger partial charge in [0, 0.05) is 22.4 Å². The minimum atomic E-state index is -0.161. The molecule has 0 aliphatic heterocycles. The second kappa shape index (κ2) is 15.8. The number of hydrogen-bond acceptors (Lipinski definition) is 1. The van der Waals surface area contributed by atoms with Crippen LogP contribution in [0.25, 0.3) is 66.4 Å². The molecule has 0 saturated heterocycles. The molecule has 1 saturated carbocycles. The molecule has 2 aliphatic carbocycles. The molecule has 1 heteroatoms. The average Bonchev–Trinajstić information content (AvgIpc) is 3.57. The van der Waals surface area contributed by atoms with Crippen LogP contribution in [0.1, 0.15) is 68.6 Å². The van der Waals surface area contributed by atoms with Gasteiger partial charge in [-0.15, -0.1) is 0 Å². The number of fused-ring (bicyclic) bond motifs is 4. The predicted octanol–water partition coefficient (Wildman–Crippen LogP) is 17.3. The van der Waals surface area contributed by atoms with E-state index < -0.39 is 0 Å². The van der Waals surface area contributed by atoms with Crippen molar-refractivity contribution in [3.8, 4) is 55.6 Å². The molecule has 300 valence electrons. The van der Waals surface area contributed by atoms with E-state index in [4.69, 9.17) is 0 Å². The van der Waals surface area contributed by atoms with Crippen molar-refractivity contribution in [3.05, 3.63) is 223 Å². The molecule has 0 aromatic heterocycles. The SMILES string of the molecule is CC1(C)c2ccc(-c3ccccc3)cc2-c2ccc(N(c3ccc(-c4cccc5cc(C6CCCCC6)cc(-c6ccccc6)c45)cc3)c3ccccc3-c3ccccc3)cc21. The van der Waals surface area contributed by atoms with Gasteiger partial charge >= 0.3 is 0 Å². The molecule has 2 aliphatic rings. The van der Waals surface area contributed by atoms with Crippen molar-refractivity contribution >= 4 is 27.8 Å². The van der Waals surface area contributed by atoms with Gasteiger partial charge in [0.2, 0.25) is 0 Å². The van der Waals surface area contributed by atoms with Gasteiger partial charge in [-0.05, 0) is 133 Å². The van der Waals surface area contributed by atoms with Crippen LogP contribution in [0.4, 0.5) is 17.1 Å². The molecule has 11 rings (SSSR count). The van der Waals surface area contributed by atoms with Gasteiger partial charge < -0.3 is 4.90 Å². The van der Waals surface area contributed by atoms with Crippen LogP contribution in [0.15, 0.2) is 206 Å². The maximum atomic E-state index is 2.52. The minimum Gasteiger partial charge on any atom is -0.310 e. The third-order valence-electron chi connectivity index (χ3n) is 13.9. The molecule has 0 spiro atoms. The quantitative estimate of drug-likeness (QED) is 0.148. The zero-order valence-electron chi connectivity index (χ0n) is 35.7. The molecule has 0 heterocycles. The van der Waals surface area contributed by atoms with Gasteiger partial charge in [-0.2, -0.15) is 0 Å². The summed E-state index contributed by atoms with van der Waals surface area (Å²) in [4.78, 5) is 2.47. The Morgan fingerprint density at radius 2 is 0.984 bits per heavy atom. The van der Waals surface area contributed by atoms with Crippen molar-refractivity contribution < 1.29 is 0 Å². The third-order valence-corrected chi connectivity index (χ3v) is 13.9. The van der Waals surface area contributed by atoms with Gasteiger partial charge in [-0.1, -0.05) is 203 Å². The molecule has 9 aromatic carbocycles. The summed E-state index contributed by atoms with van der Waals surface area (Å²) in [6.45, 7) is 4.76. The highest BCUT2D eigenvalue weighted by atomic mass is 15.1. The van der Waals surface area contributed by atoms with Gasteiger partial charge in [-0.3, -0.25) is 0 Å². The van der Waals surface area contributed by atoms with Gasteiger partial charge in [0.1, 0.15) is 0 Å². The van der Waals surface area contributed by atoms with Crippen molar-refractivity contribution in [1.29, 1.82) is 0 Å². The standard InChI is InChI=1S/C61H51N/c1-61(2)57-37-32-47(42-18-7-3-8-19-42)39-56(57)54-36-35-51(41-58(54)61)62(59-29-16-15-27-52(59)44-22-11-5-12-23-44)50-33-30-46(31-34-50)53-28-17-26-48-38-49(43-20-9-4-10-21-43)40-55(60(48)53)45-24-13-6-14-25-45/h3,5-8,11-19,22-41,43H,4,9-10,20-21H2,1-2H3. The van der Waals surface area contributed by atoms with Crippen LogP contribution in [0.2, 0.25) is 0 Å². The molecule has 9 aromatic rings. The van der Waals surface area contributed by atoms with E-state index in [0.29, 0.717) is 5.92 Å². The Labute approximate surface area is 367 Å². The maximum Gasteiger partial charge on any atom is 0.0540 e. The largest absolute Gasteiger partial charge is 0.310 e. The number of para-hydroxylation sites is 1. The number of rotatable bonds is 8. The summed E-state index contributed by atoms with van der Waals surface area (Å²) < 4.78 is 0. The van der Waals surface area contributed by atoms with E-state index in [1.165, 1.54) is 115 Å². The molecule has 0 unspecified atom stereocenters. The van der Waals surface area contributed by atoms with E-state index in [1.54, 1.807) is 0 Å². The Morgan fingerprint density at radius 1 is 0.387 bits per heavy atom. The maximum absolute atomic E-state index is 2.52. The monoisotopic (exact) mass is 797 g/mol. The molecule has 0 atom stereocenters. The zero-order valence-corrected chi connectivity index (χ0v) is 35.7. The third kappa shape index (κ3) is 6.73. The summed E-state index contributed by atoms with van der Waals surface area (Å²) >= 11 is 0. The summed E-state index contributed by atoms with van der Waals surface area (Å²) in [7, 11) is 0. The molecule has 62 heavy (non-hydrogen) atoms. The first kappa shape index (κ1) is 38.0. The smallest absolute Gasteiger partial charge is 0.0540 e. The van der Waals surface area contributed by atoms with Crippen molar-refractivity contribution in [1.82, 2.24) is 0 Å². The lowest BCUT2D eigenvalue weighted by Crippen LogP contribution is -2.17. The lowest BCUT2D eigenvalue weighted by molar-refractivity contribution is 0.444. The Balaban J connectivity index is 1.05. The van der Waals surface area contributed by atoms with Crippen LogP contribution >= 0.6 is 0 Å². The molecule has 1 fully saturated rings. The highest BCUT2D eigenvalue weighted by Crippen LogP contribution is 2.52. The second-order valence-corrected chi connectivity index (χ2v) is 17.9. The first-order valence-electron chi connectivity index (χ1n) is 22.5. The van der Waals surface area contributed by atoms with Crippen LogP contribution in [0, 0.1) is 0 Å². The molecule has 1 nitrogen and oxygen atoms in total. The summed E-state index contributed by atoms with van der Waals surface area (Å²) in [6.07, 6.45) is 6.59. The lowest BCUT2D eigenvalue weighted by Gasteiger charge is -2.30. The topological polar surface area (TPSA) is 3.24 Å². The fourth-order valence-electron chi connectivity index (χ4n) is 10.6. The molecule has 0 N–H and O–H groups in total. The van der Waals surface area contributed by atoms with E-state index in [1.807, 2.05) is 0 Å². The summed E-state index contributed by atoms with van der Waals surface area (Å²) in [5.41, 5.74) is 20.1. The molecular weight excluding hydrogens is 747 g/mol. The van der Waals surface area contributed by atoms with Gasteiger partial charge in [0.05, 0.1) is 5.69 Å². The second-order valence-electron chi connectivity index (χ2n) is 17.9. The molecule has 0 bridgehead atoms. The lowest BCUT2D eigenvalue weighted by atomic mass is 9.81. The van der Waals surface area contributed by atoms with Crippen molar-refractivity contribution in [2.24, 2.45) is 0 Å². The fourth-order valence-corrected chi connectivity index (χ4v) is 10.6. The predicted molar refractivity (Wildman–Crippen MR) is 264 cm³/mol. The van der Waals surface area contributed by atoms with Crippen LogP contribution < -0.4 is 4.90 Å². The number of anilines is 3. The van der Waals surface area contributed by atoms with Gasteiger partial charge in [0.15, 0.2) is 0 Å². The van der Waals surface area contributed by atoms with Crippen molar-refractivity contribution in [2.45, 2.75) is 57.3 Å². The summed E-state index contributed by atoms with van der Waals surface area (Å²) in [5, 5.41) is 2.65. The zero-order chi connectivity index (χ0) is 41.6. The highest BCUT2D eigenvalue weighted by Gasteiger charge is 2.36.